The highest BCUT2D eigenvalue weighted by Crippen LogP contribution is 2.10. The molecular weight excluding hydrogens is 262 g/mol. The van der Waals surface area contributed by atoms with E-state index in [0.29, 0.717) is 12.6 Å². The van der Waals surface area contributed by atoms with Crippen molar-refractivity contribution in [1.29, 1.82) is 0 Å². The average molecular weight is 284 g/mol. The number of rotatable bonds is 6. The van der Waals surface area contributed by atoms with Gasteiger partial charge in [0.15, 0.2) is 0 Å². The fourth-order valence-electron chi connectivity index (χ4n) is 1.69. The van der Waals surface area contributed by atoms with Crippen LogP contribution >= 0.6 is 11.6 Å². The van der Waals surface area contributed by atoms with Gasteiger partial charge in [0.05, 0.1) is 0 Å². The molecular formula is C14H22ClN3O. The van der Waals surface area contributed by atoms with Crippen molar-refractivity contribution in [3.63, 3.8) is 0 Å². The predicted octanol–water partition coefficient (Wildman–Crippen LogP) is 2.13. The Morgan fingerprint density at radius 1 is 1.26 bits per heavy atom. The number of nitrogens with one attached hydrogen (secondary N) is 2. The zero-order valence-electron chi connectivity index (χ0n) is 11.7. The molecule has 5 heteroatoms. The van der Waals surface area contributed by atoms with Gasteiger partial charge in [-0.2, -0.15) is 0 Å². The molecule has 0 bridgehead atoms. The molecule has 19 heavy (non-hydrogen) atoms. The molecule has 0 saturated heterocycles. The Morgan fingerprint density at radius 3 is 2.47 bits per heavy atom. The summed E-state index contributed by atoms with van der Waals surface area (Å²) in [6.07, 6.45) is 0.943. The Labute approximate surface area is 120 Å². The van der Waals surface area contributed by atoms with Gasteiger partial charge in [-0.15, -0.1) is 0 Å². The Kier molecular flexibility index (Phi) is 6.67. The number of benzene rings is 1. The van der Waals surface area contributed by atoms with E-state index in [-0.39, 0.29) is 6.03 Å². The highest BCUT2D eigenvalue weighted by molar-refractivity contribution is 6.30. The second kappa shape index (κ2) is 8.02. The van der Waals surface area contributed by atoms with Crippen molar-refractivity contribution in [3.05, 3.63) is 34.9 Å². The van der Waals surface area contributed by atoms with Crippen LogP contribution < -0.4 is 10.6 Å². The van der Waals surface area contributed by atoms with E-state index in [9.17, 15) is 4.79 Å². The second-order valence-electron chi connectivity index (χ2n) is 4.81. The SMILES string of the molecule is CC(Cc1ccc(Cl)cc1)NCCNC(=O)N(C)C. The molecule has 1 rings (SSSR count). The quantitative estimate of drug-likeness (QED) is 0.786. The lowest BCUT2D eigenvalue weighted by Gasteiger charge is -2.16. The first-order valence-electron chi connectivity index (χ1n) is 6.42. The number of urea groups is 1. The van der Waals surface area contributed by atoms with Crippen molar-refractivity contribution in [2.24, 2.45) is 0 Å². The van der Waals surface area contributed by atoms with E-state index < -0.39 is 0 Å². The summed E-state index contributed by atoms with van der Waals surface area (Å²) >= 11 is 5.85. The van der Waals surface area contributed by atoms with Gasteiger partial charge in [-0.3, -0.25) is 0 Å². The number of halogens is 1. The lowest BCUT2D eigenvalue weighted by molar-refractivity contribution is 0.217. The molecule has 0 aliphatic heterocycles. The minimum absolute atomic E-state index is 0.0628. The Morgan fingerprint density at radius 2 is 1.89 bits per heavy atom. The molecule has 106 valence electrons. The summed E-state index contributed by atoms with van der Waals surface area (Å²) in [5, 5.41) is 6.95. The molecule has 0 aromatic heterocycles. The van der Waals surface area contributed by atoms with Gasteiger partial charge in [0.25, 0.3) is 0 Å². The van der Waals surface area contributed by atoms with E-state index in [1.165, 1.54) is 10.5 Å². The summed E-state index contributed by atoms with van der Waals surface area (Å²) in [5.41, 5.74) is 1.25. The molecule has 2 N–H and O–H groups in total. The third kappa shape index (κ3) is 6.45. The van der Waals surface area contributed by atoms with Crippen LogP contribution in [0.15, 0.2) is 24.3 Å². The highest BCUT2D eigenvalue weighted by atomic mass is 35.5. The average Bonchev–Trinajstić information content (AvgIpc) is 2.37. The van der Waals surface area contributed by atoms with Crippen LogP contribution in [0.2, 0.25) is 5.02 Å². The number of hydrogen-bond donors (Lipinski definition) is 2. The maximum Gasteiger partial charge on any atom is 0.316 e. The molecule has 0 radical (unpaired) electrons. The van der Waals surface area contributed by atoms with E-state index in [2.05, 4.69) is 17.6 Å². The van der Waals surface area contributed by atoms with Gasteiger partial charge in [0.2, 0.25) is 0 Å². The van der Waals surface area contributed by atoms with Crippen LogP contribution in [0, 0.1) is 0 Å². The van der Waals surface area contributed by atoms with E-state index in [4.69, 9.17) is 11.6 Å². The van der Waals surface area contributed by atoms with Gasteiger partial charge in [-0.1, -0.05) is 23.7 Å². The van der Waals surface area contributed by atoms with E-state index in [0.717, 1.165) is 18.0 Å². The smallest absolute Gasteiger partial charge is 0.316 e. The first kappa shape index (κ1) is 15.8. The number of amides is 2. The van der Waals surface area contributed by atoms with Gasteiger partial charge >= 0.3 is 6.03 Å². The third-order valence-corrected chi connectivity index (χ3v) is 3.01. The van der Waals surface area contributed by atoms with Crippen molar-refractivity contribution in [3.8, 4) is 0 Å². The molecule has 0 heterocycles. The fourth-order valence-corrected chi connectivity index (χ4v) is 1.82. The van der Waals surface area contributed by atoms with E-state index >= 15 is 0 Å². The molecule has 0 saturated carbocycles. The van der Waals surface area contributed by atoms with E-state index in [1.54, 1.807) is 14.1 Å². The van der Waals surface area contributed by atoms with Crippen LogP contribution in [-0.4, -0.2) is 44.2 Å². The summed E-state index contributed by atoms with van der Waals surface area (Å²) in [4.78, 5) is 12.8. The first-order valence-corrected chi connectivity index (χ1v) is 6.80. The predicted molar refractivity (Wildman–Crippen MR) is 79.7 cm³/mol. The van der Waals surface area contributed by atoms with Crippen molar-refractivity contribution in [2.75, 3.05) is 27.2 Å². The second-order valence-corrected chi connectivity index (χ2v) is 5.25. The summed E-state index contributed by atoms with van der Waals surface area (Å²) in [7, 11) is 3.46. The molecule has 1 atom stereocenters. The monoisotopic (exact) mass is 283 g/mol. The lowest BCUT2D eigenvalue weighted by Crippen LogP contribution is -2.40. The van der Waals surface area contributed by atoms with Crippen LogP contribution in [-0.2, 0) is 6.42 Å². The minimum atomic E-state index is -0.0628. The highest BCUT2D eigenvalue weighted by Gasteiger charge is 2.04. The van der Waals surface area contributed by atoms with Crippen LogP contribution in [0.1, 0.15) is 12.5 Å². The van der Waals surface area contributed by atoms with Crippen molar-refractivity contribution < 1.29 is 4.79 Å². The van der Waals surface area contributed by atoms with Gasteiger partial charge in [0.1, 0.15) is 0 Å². The fraction of sp³-hybridized carbons (Fsp3) is 0.500. The van der Waals surface area contributed by atoms with Gasteiger partial charge in [-0.25, -0.2) is 4.79 Å². The Hall–Kier alpha value is -1.26. The van der Waals surface area contributed by atoms with E-state index in [1.807, 2.05) is 24.3 Å². The summed E-state index contributed by atoms with van der Waals surface area (Å²) in [6, 6.07) is 8.18. The first-order chi connectivity index (χ1) is 8.99. The van der Waals surface area contributed by atoms with Gasteiger partial charge < -0.3 is 15.5 Å². The molecule has 1 unspecified atom stereocenters. The van der Waals surface area contributed by atoms with Crippen LogP contribution in [0.5, 0.6) is 0 Å². The largest absolute Gasteiger partial charge is 0.337 e. The van der Waals surface area contributed by atoms with Gasteiger partial charge in [-0.05, 0) is 31.0 Å². The molecule has 0 spiro atoms. The number of nitrogens with zero attached hydrogens (tertiary/aromatic N) is 1. The Bertz CT molecular complexity index is 392. The molecule has 4 nitrogen and oxygen atoms in total. The summed E-state index contributed by atoms with van der Waals surface area (Å²) in [6.45, 7) is 3.51. The summed E-state index contributed by atoms with van der Waals surface area (Å²) < 4.78 is 0. The molecule has 0 fully saturated rings. The normalized spacial score (nSPS) is 12.0. The van der Waals surface area contributed by atoms with Crippen LogP contribution in [0.25, 0.3) is 0 Å². The molecule has 0 aliphatic carbocycles. The third-order valence-electron chi connectivity index (χ3n) is 2.76. The Balaban J connectivity index is 2.19. The zero-order chi connectivity index (χ0) is 14.3. The summed E-state index contributed by atoms with van der Waals surface area (Å²) in [5.74, 6) is 0. The number of hydrogen-bond acceptors (Lipinski definition) is 2. The molecule has 1 aromatic carbocycles. The number of carbonyl (C=O) groups is 1. The van der Waals surface area contributed by atoms with Crippen molar-refractivity contribution in [2.45, 2.75) is 19.4 Å². The topological polar surface area (TPSA) is 44.4 Å². The zero-order valence-corrected chi connectivity index (χ0v) is 12.5. The van der Waals surface area contributed by atoms with Crippen LogP contribution in [0.3, 0.4) is 0 Å². The van der Waals surface area contributed by atoms with Crippen LogP contribution in [0.4, 0.5) is 4.79 Å². The maximum absolute atomic E-state index is 11.3. The van der Waals surface area contributed by atoms with Crippen molar-refractivity contribution >= 4 is 17.6 Å². The lowest BCUT2D eigenvalue weighted by atomic mass is 10.1. The number of carbonyl (C=O) groups excluding carboxylic acids is 1. The molecule has 2 amide bonds. The maximum atomic E-state index is 11.3. The molecule has 1 aromatic rings. The minimum Gasteiger partial charge on any atom is -0.337 e. The standard InChI is InChI=1S/C14H22ClN3O/c1-11(10-12-4-6-13(15)7-5-12)16-8-9-17-14(19)18(2)3/h4-7,11,16H,8-10H2,1-3H3,(H,17,19). The van der Waals surface area contributed by atoms with Crippen molar-refractivity contribution in [1.82, 2.24) is 15.5 Å². The molecule has 0 aliphatic rings. The van der Waals surface area contributed by atoms with Gasteiger partial charge in [0, 0.05) is 38.2 Å².